The number of hydrogen-bond donors (Lipinski definition) is 0. The van der Waals surface area contributed by atoms with Crippen LogP contribution in [0.25, 0.3) is 0 Å². The molecule has 0 aliphatic heterocycles. The molecule has 6 atom stereocenters. The Kier molecular flexibility index (Phi) is 7.17. The van der Waals surface area contributed by atoms with Crippen LogP contribution in [0.5, 0.6) is 0 Å². The van der Waals surface area contributed by atoms with Crippen molar-refractivity contribution in [1.29, 1.82) is 0 Å². The summed E-state index contributed by atoms with van der Waals surface area (Å²) in [6, 6.07) is 0. The minimum absolute atomic E-state index is 0.307. The molecule has 0 heterocycles. The first-order chi connectivity index (χ1) is 12.3. The number of hydrogen-bond acceptors (Lipinski definition) is 1. The molecule has 2 aliphatic carbocycles. The van der Waals surface area contributed by atoms with Gasteiger partial charge < -0.3 is 4.43 Å². The van der Waals surface area contributed by atoms with Gasteiger partial charge in [-0.3, -0.25) is 0 Å². The lowest BCUT2D eigenvalue weighted by molar-refractivity contribution is -0.0163. The number of rotatable bonds is 6. The molecule has 0 bridgehead atoms. The van der Waals surface area contributed by atoms with Crippen LogP contribution in [0.15, 0.2) is 12.2 Å². The van der Waals surface area contributed by atoms with Crippen molar-refractivity contribution < 1.29 is 4.43 Å². The quantitative estimate of drug-likeness (QED) is 0.328. The minimum Gasteiger partial charge on any atom is -0.414 e. The third kappa shape index (κ3) is 4.92. The van der Waals surface area contributed by atoms with Gasteiger partial charge in [0.1, 0.15) is 0 Å². The average Bonchev–Trinajstić information content (AvgIpc) is 2.89. The van der Waals surface area contributed by atoms with Crippen LogP contribution in [-0.2, 0) is 4.43 Å². The molecular formula is C25H48OSi. The van der Waals surface area contributed by atoms with E-state index in [4.69, 9.17) is 4.43 Å². The van der Waals surface area contributed by atoms with Crippen LogP contribution < -0.4 is 0 Å². The Hall–Kier alpha value is -0.0831. The zero-order chi connectivity index (χ0) is 20.6. The lowest BCUT2D eigenvalue weighted by atomic mass is 9.62. The molecule has 1 nitrogen and oxygen atoms in total. The highest BCUT2D eigenvalue weighted by atomic mass is 28.4. The molecule has 158 valence electrons. The van der Waals surface area contributed by atoms with Gasteiger partial charge in [0.2, 0.25) is 0 Å². The fraction of sp³-hybridized carbons (Fsp3) is 0.920. The van der Waals surface area contributed by atoms with Crippen molar-refractivity contribution in [2.75, 3.05) is 0 Å². The van der Waals surface area contributed by atoms with Gasteiger partial charge in [-0.15, -0.1) is 0 Å². The zero-order valence-electron chi connectivity index (χ0n) is 20.1. The summed E-state index contributed by atoms with van der Waals surface area (Å²) in [7, 11) is -1.69. The van der Waals surface area contributed by atoms with Crippen molar-refractivity contribution in [3.05, 3.63) is 12.2 Å². The van der Waals surface area contributed by atoms with Gasteiger partial charge in [-0.2, -0.15) is 0 Å². The molecule has 2 rings (SSSR count). The summed E-state index contributed by atoms with van der Waals surface area (Å²) in [4.78, 5) is 0. The van der Waals surface area contributed by atoms with E-state index in [1.165, 1.54) is 32.1 Å². The fourth-order valence-electron chi connectivity index (χ4n) is 5.43. The van der Waals surface area contributed by atoms with Crippen molar-refractivity contribution in [3.63, 3.8) is 0 Å². The molecule has 0 saturated heterocycles. The normalized spacial score (nSPS) is 34.9. The fourth-order valence-corrected chi connectivity index (χ4v) is 6.82. The third-order valence-electron chi connectivity index (χ3n) is 8.79. The van der Waals surface area contributed by atoms with Crippen LogP contribution in [0.2, 0.25) is 18.1 Å². The van der Waals surface area contributed by atoms with Gasteiger partial charge in [-0.05, 0) is 78.8 Å². The van der Waals surface area contributed by atoms with E-state index in [-0.39, 0.29) is 0 Å². The molecule has 2 aliphatic rings. The zero-order valence-corrected chi connectivity index (χ0v) is 21.1. The molecule has 0 spiro atoms. The number of allylic oxidation sites excluding steroid dienone is 2. The molecule has 2 heteroatoms. The highest BCUT2D eigenvalue weighted by molar-refractivity contribution is 6.74. The maximum absolute atomic E-state index is 7.00. The van der Waals surface area contributed by atoms with Gasteiger partial charge in [0.15, 0.2) is 8.32 Å². The third-order valence-corrected chi connectivity index (χ3v) is 13.3. The van der Waals surface area contributed by atoms with Gasteiger partial charge >= 0.3 is 0 Å². The lowest BCUT2D eigenvalue weighted by Gasteiger charge is -2.49. The smallest absolute Gasteiger partial charge is 0.192 e. The molecule has 6 unspecified atom stereocenters. The van der Waals surface area contributed by atoms with Crippen molar-refractivity contribution in [3.8, 4) is 0 Å². The molecule has 0 N–H and O–H groups in total. The van der Waals surface area contributed by atoms with Crippen molar-refractivity contribution >= 4 is 8.32 Å². The van der Waals surface area contributed by atoms with Crippen LogP contribution in [-0.4, -0.2) is 14.4 Å². The Morgan fingerprint density at radius 1 is 1.00 bits per heavy atom. The summed E-state index contributed by atoms with van der Waals surface area (Å²) in [6.45, 7) is 24.1. The van der Waals surface area contributed by atoms with Crippen LogP contribution in [0, 0.1) is 35.0 Å². The van der Waals surface area contributed by atoms with E-state index < -0.39 is 8.32 Å². The summed E-state index contributed by atoms with van der Waals surface area (Å²) >= 11 is 0. The van der Waals surface area contributed by atoms with Gasteiger partial charge in [0.05, 0.1) is 0 Å². The largest absolute Gasteiger partial charge is 0.414 e. The second-order valence-corrected chi connectivity index (χ2v) is 16.7. The van der Waals surface area contributed by atoms with Gasteiger partial charge in [-0.25, -0.2) is 0 Å². The molecule has 0 aromatic rings. The Balaban J connectivity index is 2.13. The Bertz CT molecular complexity index is 515. The van der Waals surface area contributed by atoms with E-state index in [1.54, 1.807) is 0 Å². The second kappa shape index (κ2) is 8.34. The Morgan fingerprint density at radius 2 is 1.63 bits per heavy atom. The maximum Gasteiger partial charge on any atom is 0.192 e. The van der Waals surface area contributed by atoms with E-state index in [0.717, 1.165) is 17.8 Å². The summed E-state index contributed by atoms with van der Waals surface area (Å²) in [5.74, 6) is 3.69. The summed E-state index contributed by atoms with van der Waals surface area (Å²) in [6.07, 6.45) is 12.3. The predicted molar refractivity (Wildman–Crippen MR) is 123 cm³/mol. The van der Waals surface area contributed by atoms with E-state index in [0.29, 0.717) is 28.4 Å². The lowest BCUT2D eigenvalue weighted by Crippen LogP contribution is -2.50. The van der Waals surface area contributed by atoms with E-state index in [9.17, 15) is 0 Å². The molecule has 0 amide bonds. The predicted octanol–water partition coefficient (Wildman–Crippen LogP) is 8.08. The SMILES string of the molecule is CC(C)C(C)C=CC(C)C1CCC2C(O[Si](C)(C)C(C)(C)C)CCCC12C. The van der Waals surface area contributed by atoms with Gasteiger partial charge in [0, 0.05) is 6.10 Å². The summed E-state index contributed by atoms with van der Waals surface area (Å²) in [5.41, 5.74) is 0.468. The first-order valence-corrected chi connectivity index (χ1v) is 14.6. The average molecular weight is 393 g/mol. The molecule has 0 aromatic carbocycles. The van der Waals surface area contributed by atoms with Crippen molar-refractivity contribution in [1.82, 2.24) is 0 Å². The van der Waals surface area contributed by atoms with E-state index in [1.807, 2.05) is 0 Å². The molecule has 27 heavy (non-hydrogen) atoms. The second-order valence-electron chi connectivity index (χ2n) is 12.0. The first kappa shape index (κ1) is 23.2. The Labute approximate surface area is 171 Å². The number of fused-ring (bicyclic) bond motifs is 1. The van der Waals surface area contributed by atoms with Crippen molar-refractivity contribution in [2.45, 2.75) is 112 Å². The molecule has 0 aromatic heterocycles. The molecular weight excluding hydrogens is 344 g/mol. The topological polar surface area (TPSA) is 9.23 Å². The highest BCUT2D eigenvalue weighted by Gasteiger charge is 2.54. The monoisotopic (exact) mass is 392 g/mol. The van der Waals surface area contributed by atoms with Crippen LogP contribution in [0.1, 0.15) is 87.5 Å². The highest BCUT2D eigenvalue weighted by Crippen LogP contribution is 2.59. The standard InChI is InChI=1S/C25H48OSi/c1-18(2)19(3)13-14-20(4)21-15-16-22-23(12-11-17-25(21,22)8)26-27(9,10)24(5,6)7/h13-14,18-23H,11-12,15-17H2,1-10H3. The minimum atomic E-state index is -1.69. The van der Waals surface area contributed by atoms with Crippen LogP contribution >= 0.6 is 0 Å². The summed E-state index contributed by atoms with van der Waals surface area (Å²) < 4.78 is 7.00. The van der Waals surface area contributed by atoms with E-state index in [2.05, 4.69) is 80.6 Å². The van der Waals surface area contributed by atoms with Crippen LogP contribution in [0.3, 0.4) is 0 Å². The molecule has 2 fully saturated rings. The maximum atomic E-state index is 7.00. The first-order valence-electron chi connectivity index (χ1n) is 11.7. The summed E-state index contributed by atoms with van der Waals surface area (Å²) in [5, 5.41) is 0.307. The Morgan fingerprint density at radius 3 is 2.19 bits per heavy atom. The molecule has 2 saturated carbocycles. The van der Waals surface area contributed by atoms with Gasteiger partial charge in [0.25, 0.3) is 0 Å². The van der Waals surface area contributed by atoms with E-state index >= 15 is 0 Å². The molecule has 0 radical (unpaired) electrons. The van der Waals surface area contributed by atoms with Gasteiger partial charge in [-0.1, -0.05) is 74.0 Å². The van der Waals surface area contributed by atoms with Crippen LogP contribution in [0.4, 0.5) is 0 Å². The van der Waals surface area contributed by atoms with Crippen molar-refractivity contribution in [2.24, 2.45) is 35.0 Å².